The fourth-order valence-electron chi connectivity index (χ4n) is 1.78. The summed E-state index contributed by atoms with van der Waals surface area (Å²) < 4.78 is 19.5. The minimum Gasteiger partial charge on any atom is -0.497 e. The summed E-state index contributed by atoms with van der Waals surface area (Å²) in [4.78, 5) is 12.1. The molecule has 2 aromatic carbocycles. The fourth-order valence-corrected chi connectivity index (χ4v) is 2.52. The van der Waals surface area contributed by atoms with E-state index in [0.29, 0.717) is 16.3 Å². The van der Waals surface area contributed by atoms with Gasteiger partial charge in [-0.25, -0.2) is 4.39 Å². The van der Waals surface area contributed by atoms with E-state index in [-0.39, 0.29) is 17.8 Å². The molecule has 0 spiro atoms. The van der Waals surface area contributed by atoms with Gasteiger partial charge in [0.2, 0.25) is 0 Å². The SMILES string of the molecule is COc1ccc(C(=O)Cc2ccc(Br)cc2Cl)c(F)c1. The number of benzene rings is 2. The minimum atomic E-state index is -0.595. The molecule has 20 heavy (non-hydrogen) atoms. The summed E-state index contributed by atoms with van der Waals surface area (Å²) in [6.07, 6.45) is 0.0510. The molecule has 0 unspecified atom stereocenters. The van der Waals surface area contributed by atoms with E-state index < -0.39 is 5.82 Å². The Morgan fingerprint density at radius 3 is 2.65 bits per heavy atom. The second-order valence-electron chi connectivity index (χ2n) is 4.18. The van der Waals surface area contributed by atoms with Crippen molar-refractivity contribution in [2.24, 2.45) is 0 Å². The molecule has 0 saturated heterocycles. The van der Waals surface area contributed by atoms with Crippen LogP contribution >= 0.6 is 27.5 Å². The Balaban J connectivity index is 2.24. The molecule has 0 atom stereocenters. The summed E-state index contributed by atoms with van der Waals surface area (Å²) >= 11 is 9.34. The van der Waals surface area contributed by atoms with E-state index in [1.807, 2.05) is 0 Å². The highest BCUT2D eigenvalue weighted by atomic mass is 79.9. The molecule has 0 heterocycles. The summed E-state index contributed by atoms with van der Waals surface area (Å²) in [5, 5.41) is 0.474. The zero-order chi connectivity index (χ0) is 14.7. The highest BCUT2D eigenvalue weighted by Gasteiger charge is 2.14. The van der Waals surface area contributed by atoms with Crippen LogP contribution in [0.5, 0.6) is 5.75 Å². The summed E-state index contributed by atoms with van der Waals surface area (Å²) in [6.45, 7) is 0. The third-order valence-electron chi connectivity index (χ3n) is 2.84. The van der Waals surface area contributed by atoms with Crippen molar-refractivity contribution in [3.8, 4) is 5.75 Å². The summed E-state index contributed by atoms with van der Waals surface area (Å²) in [7, 11) is 1.44. The van der Waals surface area contributed by atoms with Crippen molar-refractivity contribution in [2.75, 3.05) is 7.11 Å². The van der Waals surface area contributed by atoms with Gasteiger partial charge < -0.3 is 4.74 Å². The molecule has 0 aliphatic carbocycles. The van der Waals surface area contributed by atoms with Gasteiger partial charge in [0.25, 0.3) is 0 Å². The van der Waals surface area contributed by atoms with Crippen LogP contribution in [0.25, 0.3) is 0 Å². The van der Waals surface area contributed by atoms with Crippen molar-refractivity contribution in [3.05, 3.63) is 62.8 Å². The highest BCUT2D eigenvalue weighted by Crippen LogP contribution is 2.24. The first-order valence-corrected chi connectivity index (χ1v) is 6.99. The molecule has 5 heteroatoms. The second-order valence-corrected chi connectivity index (χ2v) is 5.50. The van der Waals surface area contributed by atoms with Gasteiger partial charge in [-0.3, -0.25) is 4.79 Å². The molecule has 0 aliphatic rings. The first-order valence-electron chi connectivity index (χ1n) is 5.82. The number of methoxy groups -OCH3 is 1. The summed E-state index contributed by atoms with van der Waals surface area (Å²) in [6, 6.07) is 9.40. The second kappa shape index (κ2) is 6.37. The van der Waals surface area contributed by atoms with E-state index >= 15 is 0 Å². The van der Waals surface area contributed by atoms with Crippen LogP contribution < -0.4 is 4.74 Å². The monoisotopic (exact) mass is 356 g/mol. The number of carbonyl (C=O) groups is 1. The average Bonchev–Trinajstić information content (AvgIpc) is 2.41. The van der Waals surface area contributed by atoms with Gasteiger partial charge in [-0.2, -0.15) is 0 Å². The topological polar surface area (TPSA) is 26.3 Å². The predicted octanol–water partition coefficient (Wildman–Crippen LogP) is 4.68. The maximum absolute atomic E-state index is 13.8. The summed E-state index contributed by atoms with van der Waals surface area (Å²) in [5.41, 5.74) is 0.694. The Labute approximate surface area is 129 Å². The predicted molar refractivity (Wildman–Crippen MR) is 80.1 cm³/mol. The van der Waals surface area contributed by atoms with Crippen molar-refractivity contribution in [1.82, 2.24) is 0 Å². The number of hydrogen-bond donors (Lipinski definition) is 0. The van der Waals surface area contributed by atoms with Gasteiger partial charge in [-0.1, -0.05) is 33.6 Å². The van der Waals surface area contributed by atoms with E-state index in [1.165, 1.54) is 19.2 Å². The van der Waals surface area contributed by atoms with Crippen molar-refractivity contribution in [3.63, 3.8) is 0 Å². The first kappa shape index (κ1) is 15.0. The van der Waals surface area contributed by atoms with Crippen LogP contribution in [0.3, 0.4) is 0 Å². The fraction of sp³-hybridized carbons (Fsp3) is 0.133. The maximum atomic E-state index is 13.8. The van der Waals surface area contributed by atoms with E-state index in [1.54, 1.807) is 24.3 Å². The van der Waals surface area contributed by atoms with Crippen molar-refractivity contribution in [1.29, 1.82) is 0 Å². The van der Waals surface area contributed by atoms with Crippen molar-refractivity contribution >= 4 is 33.3 Å². The zero-order valence-electron chi connectivity index (χ0n) is 10.6. The number of rotatable bonds is 4. The normalized spacial score (nSPS) is 10.4. The maximum Gasteiger partial charge on any atom is 0.170 e. The Morgan fingerprint density at radius 2 is 2.05 bits per heavy atom. The molecule has 104 valence electrons. The lowest BCUT2D eigenvalue weighted by atomic mass is 10.0. The lowest BCUT2D eigenvalue weighted by molar-refractivity contribution is 0.0989. The Morgan fingerprint density at radius 1 is 1.30 bits per heavy atom. The van der Waals surface area contributed by atoms with Crippen LogP contribution in [0.1, 0.15) is 15.9 Å². The number of ketones is 1. The molecular weight excluding hydrogens is 347 g/mol. The number of ether oxygens (including phenoxy) is 1. The van der Waals surface area contributed by atoms with Gasteiger partial charge in [0, 0.05) is 22.0 Å². The molecule has 0 fully saturated rings. The molecule has 0 radical (unpaired) electrons. The average molecular weight is 358 g/mol. The van der Waals surface area contributed by atoms with E-state index in [2.05, 4.69) is 15.9 Å². The first-order chi connectivity index (χ1) is 9.51. The molecule has 0 N–H and O–H groups in total. The standard InChI is InChI=1S/C15H11BrClFO2/c1-20-11-4-5-12(14(18)8-11)15(19)6-9-2-3-10(16)7-13(9)17/h2-5,7-8H,6H2,1H3. The van der Waals surface area contributed by atoms with Gasteiger partial charge in [-0.15, -0.1) is 0 Å². The third kappa shape index (κ3) is 3.38. The van der Waals surface area contributed by atoms with Gasteiger partial charge in [-0.05, 0) is 29.8 Å². The molecule has 2 rings (SSSR count). The third-order valence-corrected chi connectivity index (χ3v) is 3.69. The zero-order valence-corrected chi connectivity index (χ0v) is 13.0. The van der Waals surface area contributed by atoms with Crippen LogP contribution in [0.4, 0.5) is 4.39 Å². The molecule has 0 bridgehead atoms. The molecule has 2 aromatic rings. The lowest BCUT2D eigenvalue weighted by Gasteiger charge is -2.07. The number of carbonyl (C=O) groups excluding carboxylic acids is 1. The van der Waals surface area contributed by atoms with E-state index in [9.17, 15) is 9.18 Å². The number of hydrogen-bond acceptors (Lipinski definition) is 2. The smallest absolute Gasteiger partial charge is 0.170 e. The van der Waals surface area contributed by atoms with Crippen molar-refractivity contribution < 1.29 is 13.9 Å². The highest BCUT2D eigenvalue weighted by molar-refractivity contribution is 9.10. The molecule has 0 aliphatic heterocycles. The van der Waals surface area contributed by atoms with Gasteiger partial charge >= 0.3 is 0 Å². The van der Waals surface area contributed by atoms with Gasteiger partial charge in [0.05, 0.1) is 12.7 Å². The Kier molecular flexibility index (Phi) is 4.78. The van der Waals surface area contributed by atoms with Crippen LogP contribution in [-0.2, 0) is 6.42 Å². The van der Waals surface area contributed by atoms with Crippen LogP contribution in [0, 0.1) is 5.82 Å². The summed E-state index contributed by atoms with van der Waals surface area (Å²) in [5.74, 6) is -0.544. The molecule has 0 aromatic heterocycles. The Hall–Kier alpha value is -1.39. The minimum absolute atomic E-state index is 0.0322. The quantitative estimate of drug-likeness (QED) is 0.743. The Bertz CT molecular complexity index is 658. The molecule has 0 amide bonds. The van der Waals surface area contributed by atoms with Gasteiger partial charge in [0.1, 0.15) is 11.6 Å². The molecule has 2 nitrogen and oxygen atoms in total. The van der Waals surface area contributed by atoms with Crippen LogP contribution in [0.15, 0.2) is 40.9 Å². The lowest BCUT2D eigenvalue weighted by Crippen LogP contribution is -2.06. The largest absolute Gasteiger partial charge is 0.497 e. The van der Waals surface area contributed by atoms with Crippen molar-refractivity contribution in [2.45, 2.75) is 6.42 Å². The molecular formula is C15H11BrClFO2. The number of halogens is 3. The number of Topliss-reactive ketones (excluding diaryl/α,β-unsaturated/α-hetero) is 1. The van der Waals surface area contributed by atoms with Crippen LogP contribution in [0.2, 0.25) is 5.02 Å². The van der Waals surface area contributed by atoms with E-state index in [4.69, 9.17) is 16.3 Å². The van der Waals surface area contributed by atoms with Gasteiger partial charge in [0.15, 0.2) is 5.78 Å². The van der Waals surface area contributed by atoms with E-state index in [0.717, 1.165) is 4.47 Å². The van der Waals surface area contributed by atoms with Crippen LogP contribution in [-0.4, -0.2) is 12.9 Å². The molecule has 0 saturated carbocycles.